The zero-order valence-electron chi connectivity index (χ0n) is 16.5. The van der Waals surface area contributed by atoms with E-state index in [0.717, 1.165) is 5.69 Å². The normalized spacial score (nSPS) is 18.0. The van der Waals surface area contributed by atoms with Crippen LogP contribution in [0.4, 0.5) is 9.18 Å². The van der Waals surface area contributed by atoms with E-state index in [1.54, 1.807) is 18.5 Å². The molecule has 2 N–H and O–H groups in total. The highest BCUT2D eigenvalue weighted by Crippen LogP contribution is 2.35. The lowest BCUT2D eigenvalue weighted by atomic mass is 9.95. The number of urea groups is 1. The van der Waals surface area contributed by atoms with Crippen molar-refractivity contribution in [2.45, 2.75) is 38.8 Å². The van der Waals surface area contributed by atoms with E-state index in [2.05, 4.69) is 31.2 Å². The highest BCUT2D eigenvalue weighted by Gasteiger charge is 2.37. The minimum absolute atomic E-state index is 0.111. The van der Waals surface area contributed by atoms with Gasteiger partial charge in [-0.3, -0.25) is 0 Å². The van der Waals surface area contributed by atoms with Crippen LogP contribution in [0, 0.1) is 11.7 Å². The molecule has 1 aliphatic rings. The molecule has 2 amide bonds. The first-order valence-electron chi connectivity index (χ1n) is 9.49. The fourth-order valence-electron chi connectivity index (χ4n) is 3.55. The Morgan fingerprint density at radius 1 is 1.48 bits per heavy atom. The van der Waals surface area contributed by atoms with Crippen molar-refractivity contribution in [1.29, 1.82) is 0 Å². The summed E-state index contributed by atoms with van der Waals surface area (Å²) in [5, 5.41) is 2.78. The predicted molar refractivity (Wildman–Crippen MR) is 109 cm³/mol. The fourth-order valence-corrected chi connectivity index (χ4v) is 3.88. The number of nitrogens with zero attached hydrogens (tertiary/aromatic N) is 2. The first-order chi connectivity index (χ1) is 13.9. The molecule has 0 aliphatic carbocycles. The number of carbonyl (C=O) groups is 2. The Balaban J connectivity index is 1.96. The molecular weight excluding hydrogens is 443 g/mol. The molecule has 0 saturated carbocycles. The van der Waals surface area contributed by atoms with Crippen molar-refractivity contribution in [3.63, 3.8) is 0 Å². The number of imidazole rings is 1. The first-order valence-corrected chi connectivity index (χ1v) is 10.3. The number of rotatable bonds is 5. The van der Waals surface area contributed by atoms with E-state index >= 15 is 0 Å². The minimum atomic E-state index is -0.784. The van der Waals surface area contributed by atoms with E-state index in [4.69, 9.17) is 4.74 Å². The second-order valence-electron chi connectivity index (χ2n) is 7.11. The Labute approximate surface area is 177 Å². The largest absolute Gasteiger partial charge is 0.467 e. The Bertz CT molecular complexity index is 904. The van der Waals surface area contributed by atoms with Gasteiger partial charge in [-0.2, -0.15) is 0 Å². The van der Waals surface area contributed by atoms with Crippen molar-refractivity contribution >= 4 is 27.9 Å². The van der Waals surface area contributed by atoms with E-state index < -0.39 is 29.9 Å². The Morgan fingerprint density at radius 3 is 2.90 bits per heavy atom. The Morgan fingerprint density at radius 2 is 2.24 bits per heavy atom. The van der Waals surface area contributed by atoms with Gasteiger partial charge in [-0.25, -0.2) is 19.0 Å². The summed E-state index contributed by atoms with van der Waals surface area (Å²) < 4.78 is 20.3. The SMILES string of the molecule is CCC(C)C(NC(=O)N1CCc2[nH]cnc2C1c1ccc(Br)cc1F)C(=O)OC. The van der Waals surface area contributed by atoms with Gasteiger partial charge in [-0.05, 0) is 18.1 Å². The summed E-state index contributed by atoms with van der Waals surface area (Å²) in [6, 6.07) is 2.79. The monoisotopic (exact) mass is 466 g/mol. The van der Waals surface area contributed by atoms with E-state index in [0.29, 0.717) is 35.1 Å². The van der Waals surface area contributed by atoms with Crippen LogP contribution in [0.25, 0.3) is 0 Å². The van der Waals surface area contributed by atoms with Gasteiger partial charge in [-0.1, -0.05) is 42.3 Å². The molecule has 1 aromatic carbocycles. The van der Waals surface area contributed by atoms with Gasteiger partial charge in [0, 0.05) is 28.7 Å². The fraction of sp³-hybridized carbons (Fsp3) is 0.450. The number of ether oxygens (including phenoxy) is 1. The lowest BCUT2D eigenvalue weighted by Gasteiger charge is -2.36. The number of fused-ring (bicyclic) bond motifs is 1. The van der Waals surface area contributed by atoms with Crippen LogP contribution in [-0.2, 0) is 16.0 Å². The minimum Gasteiger partial charge on any atom is -0.467 e. The average Bonchev–Trinajstić information content (AvgIpc) is 3.19. The molecule has 0 fully saturated rings. The number of aromatic amines is 1. The molecule has 2 aromatic rings. The van der Waals surface area contributed by atoms with Crippen LogP contribution in [0.1, 0.15) is 43.3 Å². The van der Waals surface area contributed by atoms with Crippen LogP contribution >= 0.6 is 15.9 Å². The van der Waals surface area contributed by atoms with Gasteiger partial charge in [0.25, 0.3) is 0 Å². The zero-order valence-corrected chi connectivity index (χ0v) is 18.1. The molecule has 3 rings (SSSR count). The maximum absolute atomic E-state index is 14.8. The van der Waals surface area contributed by atoms with Gasteiger partial charge < -0.3 is 19.9 Å². The van der Waals surface area contributed by atoms with Gasteiger partial charge in [0.2, 0.25) is 0 Å². The van der Waals surface area contributed by atoms with Crippen molar-refractivity contribution in [3.8, 4) is 0 Å². The molecule has 1 aliphatic heterocycles. The third kappa shape index (κ3) is 4.29. The van der Waals surface area contributed by atoms with Crippen molar-refractivity contribution in [1.82, 2.24) is 20.2 Å². The van der Waals surface area contributed by atoms with Crippen molar-refractivity contribution in [3.05, 3.63) is 51.8 Å². The zero-order chi connectivity index (χ0) is 21.1. The van der Waals surface area contributed by atoms with Crippen molar-refractivity contribution in [2.24, 2.45) is 5.92 Å². The van der Waals surface area contributed by atoms with Gasteiger partial charge in [-0.15, -0.1) is 0 Å². The number of H-pyrrole nitrogens is 1. The van der Waals surface area contributed by atoms with Crippen molar-refractivity contribution in [2.75, 3.05) is 13.7 Å². The summed E-state index contributed by atoms with van der Waals surface area (Å²) in [4.78, 5) is 34.3. The number of halogens is 2. The average molecular weight is 467 g/mol. The van der Waals surface area contributed by atoms with Gasteiger partial charge >= 0.3 is 12.0 Å². The number of nitrogens with one attached hydrogen (secondary N) is 2. The van der Waals surface area contributed by atoms with Crippen LogP contribution in [0.15, 0.2) is 29.0 Å². The lowest BCUT2D eigenvalue weighted by molar-refractivity contribution is -0.144. The van der Waals surface area contributed by atoms with E-state index in [9.17, 15) is 14.0 Å². The molecule has 9 heteroatoms. The molecule has 0 saturated heterocycles. The first kappa shape index (κ1) is 21.3. The number of aromatic nitrogens is 2. The number of hydrogen-bond donors (Lipinski definition) is 2. The molecule has 3 atom stereocenters. The molecule has 156 valence electrons. The molecule has 0 bridgehead atoms. The van der Waals surface area contributed by atoms with Gasteiger partial charge in [0.15, 0.2) is 0 Å². The molecule has 0 spiro atoms. The number of esters is 1. The summed E-state index contributed by atoms with van der Waals surface area (Å²) in [6.07, 6.45) is 2.80. The summed E-state index contributed by atoms with van der Waals surface area (Å²) in [6.45, 7) is 4.16. The van der Waals surface area contributed by atoms with E-state index in [1.165, 1.54) is 18.1 Å². The number of benzene rings is 1. The summed E-state index contributed by atoms with van der Waals surface area (Å²) in [5.41, 5.74) is 1.81. The Kier molecular flexibility index (Phi) is 6.56. The Hall–Kier alpha value is -2.42. The highest BCUT2D eigenvalue weighted by molar-refractivity contribution is 9.10. The summed E-state index contributed by atoms with van der Waals surface area (Å²) in [7, 11) is 1.29. The summed E-state index contributed by atoms with van der Waals surface area (Å²) in [5.74, 6) is -1.05. The predicted octanol–water partition coefficient (Wildman–Crippen LogP) is 3.56. The molecule has 0 radical (unpaired) electrons. The number of methoxy groups -OCH3 is 1. The van der Waals surface area contributed by atoms with Gasteiger partial charge in [0.05, 0.1) is 19.1 Å². The maximum atomic E-state index is 14.8. The lowest BCUT2D eigenvalue weighted by Crippen LogP contribution is -2.53. The molecule has 3 unspecified atom stereocenters. The number of amides is 2. The molecular formula is C20H24BrFN4O3. The van der Waals surface area contributed by atoms with E-state index in [1.807, 2.05) is 13.8 Å². The van der Waals surface area contributed by atoms with Crippen LogP contribution in [0.3, 0.4) is 0 Å². The van der Waals surface area contributed by atoms with Crippen LogP contribution in [0.2, 0.25) is 0 Å². The topological polar surface area (TPSA) is 87.3 Å². The third-order valence-electron chi connectivity index (χ3n) is 5.39. The van der Waals surface area contributed by atoms with Gasteiger partial charge in [0.1, 0.15) is 17.9 Å². The third-order valence-corrected chi connectivity index (χ3v) is 5.88. The molecule has 29 heavy (non-hydrogen) atoms. The second kappa shape index (κ2) is 8.94. The van der Waals surface area contributed by atoms with Crippen LogP contribution in [0.5, 0.6) is 0 Å². The second-order valence-corrected chi connectivity index (χ2v) is 8.03. The number of carbonyl (C=O) groups excluding carboxylic acids is 2. The molecule has 1 aromatic heterocycles. The standard InChI is InChI=1S/C20H24BrFN4O3/c1-4-11(2)16(19(27)29-3)25-20(28)26-8-7-15-17(24-10-23-15)18(26)13-6-5-12(21)9-14(13)22/h5-6,9-11,16,18H,4,7-8H2,1-3H3,(H,23,24)(H,25,28). The quantitative estimate of drug-likeness (QED) is 0.659. The molecule has 2 heterocycles. The van der Waals surface area contributed by atoms with E-state index in [-0.39, 0.29) is 5.92 Å². The molecule has 7 nitrogen and oxygen atoms in total. The van der Waals surface area contributed by atoms with Crippen molar-refractivity contribution < 1.29 is 18.7 Å². The van der Waals surface area contributed by atoms with Crippen LogP contribution < -0.4 is 5.32 Å². The summed E-state index contributed by atoms with van der Waals surface area (Å²) >= 11 is 3.26. The maximum Gasteiger partial charge on any atom is 0.328 e. The van der Waals surface area contributed by atoms with Crippen LogP contribution in [-0.4, -0.2) is 46.6 Å². The smallest absolute Gasteiger partial charge is 0.328 e. The highest BCUT2D eigenvalue weighted by atomic mass is 79.9. The number of hydrogen-bond acceptors (Lipinski definition) is 4.